The zero-order valence-electron chi connectivity index (χ0n) is 7.90. The van der Waals surface area contributed by atoms with Crippen molar-refractivity contribution in [3.63, 3.8) is 0 Å². The van der Waals surface area contributed by atoms with E-state index in [4.69, 9.17) is 16.4 Å². The maximum atomic E-state index is 8.37. The van der Waals surface area contributed by atoms with Gasteiger partial charge in [-0.25, -0.2) is 0 Å². The summed E-state index contributed by atoms with van der Waals surface area (Å²) in [6.45, 7) is 0.242. The predicted octanol–water partition coefficient (Wildman–Crippen LogP) is 3.00. The highest BCUT2D eigenvalue weighted by atomic mass is 79.9. The molecule has 0 fully saturated rings. The molecule has 0 heterocycles. The van der Waals surface area contributed by atoms with E-state index in [1.165, 1.54) is 6.08 Å². The molecule has 0 radical (unpaired) electrons. The third-order valence-electron chi connectivity index (χ3n) is 1.62. The van der Waals surface area contributed by atoms with E-state index in [1.54, 1.807) is 12.1 Å². The molecule has 0 aliphatic heterocycles. The molecule has 0 aliphatic rings. The van der Waals surface area contributed by atoms with Gasteiger partial charge in [0.15, 0.2) is 0 Å². The summed E-state index contributed by atoms with van der Waals surface area (Å²) in [6, 6.07) is 7.45. The number of rotatable bonds is 3. The minimum Gasteiger partial charge on any atom is -0.480 e. The molecule has 1 aromatic carbocycles. The lowest BCUT2D eigenvalue weighted by Gasteiger charge is -2.05. The van der Waals surface area contributed by atoms with Gasteiger partial charge in [-0.3, -0.25) is 0 Å². The Kier molecular flexibility index (Phi) is 4.47. The molecule has 3 heteroatoms. The number of hydrogen-bond donors (Lipinski definition) is 0. The van der Waals surface area contributed by atoms with Gasteiger partial charge in [0.2, 0.25) is 0 Å². The van der Waals surface area contributed by atoms with Gasteiger partial charge >= 0.3 is 0 Å². The minimum atomic E-state index is 0.242. The van der Waals surface area contributed by atoms with Crippen molar-refractivity contribution in [3.05, 3.63) is 34.3 Å². The lowest BCUT2D eigenvalue weighted by Crippen LogP contribution is -1.94. The Morgan fingerprint density at radius 1 is 1.53 bits per heavy atom. The van der Waals surface area contributed by atoms with Gasteiger partial charge in [0.25, 0.3) is 0 Å². The molecular formula is C12H8BrNO. The molecule has 0 bridgehead atoms. The van der Waals surface area contributed by atoms with E-state index < -0.39 is 0 Å². The first-order chi connectivity index (χ1) is 7.27. The summed E-state index contributed by atoms with van der Waals surface area (Å²) in [6.07, 6.45) is 8.22. The normalized spacial score (nSPS) is 9.53. The second kappa shape index (κ2) is 5.90. The lowest BCUT2D eigenvalue weighted by molar-refractivity contribution is 0.368. The third-order valence-corrected chi connectivity index (χ3v) is 2.24. The van der Waals surface area contributed by atoms with Crippen LogP contribution >= 0.6 is 15.9 Å². The maximum Gasteiger partial charge on any atom is 0.148 e. The summed E-state index contributed by atoms with van der Waals surface area (Å²) in [5.74, 6) is 3.09. The fraction of sp³-hybridized carbons (Fsp3) is 0.0833. The van der Waals surface area contributed by atoms with Crippen LogP contribution in [0.5, 0.6) is 5.75 Å². The molecule has 0 atom stereocenters. The van der Waals surface area contributed by atoms with Gasteiger partial charge in [0.1, 0.15) is 12.4 Å². The second-order valence-electron chi connectivity index (χ2n) is 2.65. The molecule has 15 heavy (non-hydrogen) atoms. The molecule has 0 amide bonds. The highest BCUT2D eigenvalue weighted by Gasteiger charge is 2.00. The fourth-order valence-corrected chi connectivity index (χ4v) is 1.50. The van der Waals surface area contributed by atoms with Crippen molar-refractivity contribution < 1.29 is 4.74 Å². The zero-order valence-corrected chi connectivity index (χ0v) is 9.49. The topological polar surface area (TPSA) is 33.0 Å². The third kappa shape index (κ3) is 3.50. The van der Waals surface area contributed by atoms with Crippen LogP contribution in [0, 0.1) is 23.7 Å². The molecule has 0 aromatic heterocycles. The Hall–Kier alpha value is -1.71. The Morgan fingerprint density at radius 2 is 2.33 bits per heavy atom. The van der Waals surface area contributed by atoms with Crippen molar-refractivity contribution in [2.24, 2.45) is 0 Å². The van der Waals surface area contributed by atoms with Crippen LogP contribution in [-0.2, 0) is 0 Å². The quantitative estimate of drug-likeness (QED) is 0.619. The van der Waals surface area contributed by atoms with E-state index in [-0.39, 0.29) is 6.61 Å². The number of nitrogens with zero attached hydrogens (tertiary/aromatic N) is 1. The average molecular weight is 262 g/mol. The highest BCUT2D eigenvalue weighted by molar-refractivity contribution is 9.10. The van der Waals surface area contributed by atoms with E-state index in [9.17, 15) is 0 Å². The molecule has 0 aliphatic carbocycles. The summed E-state index contributed by atoms with van der Waals surface area (Å²) in [5.41, 5.74) is 0.927. The van der Waals surface area contributed by atoms with E-state index in [1.807, 2.05) is 18.2 Å². The molecule has 1 rings (SSSR count). The van der Waals surface area contributed by atoms with Crippen LogP contribution in [0.1, 0.15) is 5.56 Å². The molecule has 2 nitrogen and oxygen atoms in total. The molecule has 0 saturated heterocycles. The van der Waals surface area contributed by atoms with E-state index >= 15 is 0 Å². The Bertz CT molecular complexity index is 452. The molecule has 1 aromatic rings. The van der Waals surface area contributed by atoms with Crippen LogP contribution in [0.25, 0.3) is 6.08 Å². The summed E-state index contributed by atoms with van der Waals surface area (Å²) < 4.78 is 6.09. The maximum absolute atomic E-state index is 8.37. The molecule has 0 spiro atoms. The van der Waals surface area contributed by atoms with Crippen molar-refractivity contribution in [3.8, 4) is 24.2 Å². The van der Waals surface area contributed by atoms with Crippen molar-refractivity contribution in [1.82, 2.24) is 0 Å². The molecule has 0 unspecified atom stereocenters. The van der Waals surface area contributed by atoms with Gasteiger partial charge in [-0.05, 0) is 39.7 Å². The van der Waals surface area contributed by atoms with Crippen molar-refractivity contribution in [2.45, 2.75) is 0 Å². The van der Waals surface area contributed by atoms with E-state index in [0.717, 1.165) is 10.0 Å². The second-order valence-corrected chi connectivity index (χ2v) is 3.50. The van der Waals surface area contributed by atoms with E-state index in [2.05, 4.69) is 21.9 Å². The highest BCUT2D eigenvalue weighted by Crippen LogP contribution is 2.26. The Morgan fingerprint density at radius 3 is 2.93 bits per heavy atom. The van der Waals surface area contributed by atoms with Crippen LogP contribution in [0.4, 0.5) is 0 Å². The first kappa shape index (κ1) is 11.4. The van der Waals surface area contributed by atoms with Gasteiger partial charge < -0.3 is 4.74 Å². The minimum absolute atomic E-state index is 0.242. The van der Waals surface area contributed by atoms with Crippen molar-refractivity contribution in [1.29, 1.82) is 5.26 Å². The van der Waals surface area contributed by atoms with Crippen molar-refractivity contribution in [2.75, 3.05) is 6.61 Å². The summed E-state index contributed by atoms with van der Waals surface area (Å²) in [7, 11) is 0. The number of allylic oxidation sites excluding steroid dienone is 1. The number of hydrogen-bond acceptors (Lipinski definition) is 2. The van der Waals surface area contributed by atoms with E-state index in [0.29, 0.717) is 5.75 Å². The molecule has 0 saturated carbocycles. The van der Waals surface area contributed by atoms with Crippen LogP contribution in [0.3, 0.4) is 0 Å². The Labute approximate surface area is 97.3 Å². The average Bonchev–Trinajstić information content (AvgIpc) is 2.25. The number of benzene rings is 1. The number of nitriles is 1. The fourth-order valence-electron chi connectivity index (χ4n) is 0.991. The van der Waals surface area contributed by atoms with Crippen molar-refractivity contribution >= 4 is 22.0 Å². The van der Waals surface area contributed by atoms with Gasteiger partial charge in [0, 0.05) is 6.08 Å². The van der Waals surface area contributed by atoms with Crippen LogP contribution in [0.15, 0.2) is 28.7 Å². The number of ether oxygens (including phenoxy) is 1. The molecule has 0 N–H and O–H groups in total. The van der Waals surface area contributed by atoms with Crippen LogP contribution in [0.2, 0.25) is 0 Å². The van der Waals surface area contributed by atoms with Crippen LogP contribution in [-0.4, -0.2) is 6.61 Å². The summed E-state index contributed by atoms with van der Waals surface area (Å²) in [5, 5.41) is 8.37. The zero-order chi connectivity index (χ0) is 11.1. The largest absolute Gasteiger partial charge is 0.480 e. The molecule has 74 valence electrons. The van der Waals surface area contributed by atoms with Crippen LogP contribution < -0.4 is 4.74 Å². The molecular weight excluding hydrogens is 254 g/mol. The summed E-state index contributed by atoms with van der Waals surface area (Å²) >= 11 is 3.36. The van der Waals surface area contributed by atoms with Gasteiger partial charge in [-0.15, -0.1) is 6.42 Å². The number of terminal acetylenes is 1. The smallest absolute Gasteiger partial charge is 0.148 e. The first-order valence-corrected chi connectivity index (χ1v) is 4.99. The summed E-state index contributed by atoms with van der Waals surface area (Å²) in [4.78, 5) is 0. The first-order valence-electron chi connectivity index (χ1n) is 4.20. The lowest BCUT2D eigenvalue weighted by atomic mass is 10.2. The predicted molar refractivity (Wildman–Crippen MR) is 63.1 cm³/mol. The van der Waals surface area contributed by atoms with Gasteiger partial charge in [0.05, 0.1) is 10.5 Å². The number of halogens is 1. The SMILES string of the molecule is C#CCOc1ccc(/C=C/C#N)cc1Br. The standard InChI is InChI=1S/C12H8BrNO/c1-2-8-15-12-6-5-10(4-3-7-14)9-11(12)13/h1,3-6,9H,8H2/b4-3+. The monoisotopic (exact) mass is 261 g/mol. The Balaban J connectivity index is 2.85. The van der Waals surface area contributed by atoms with Gasteiger partial charge in [-0.2, -0.15) is 5.26 Å². The van der Waals surface area contributed by atoms with Gasteiger partial charge in [-0.1, -0.05) is 12.0 Å².